The van der Waals surface area contributed by atoms with Crippen LogP contribution < -0.4 is 5.32 Å². The maximum Gasteiger partial charge on any atom is 0.408 e. The third kappa shape index (κ3) is 8.31. The number of carbonyl (C=O) groups excluding carboxylic acids is 1. The Morgan fingerprint density at radius 1 is 1.17 bits per heavy atom. The maximum atomic E-state index is 11.6. The van der Waals surface area contributed by atoms with Crippen molar-refractivity contribution in [3.05, 3.63) is 0 Å². The predicted molar refractivity (Wildman–Crippen MR) is 70.5 cm³/mol. The first kappa shape index (κ1) is 17.2. The Labute approximate surface area is 110 Å². The number of ether oxygens (including phenoxy) is 2. The van der Waals surface area contributed by atoms with Crippen molar-refractivity contribution < 1.29 is 19.4 Å². The highest BCUT2D eigenvalue weighted by Gasteiger charge is 2.26. The van der Waals surface area contributed by atoms with E-state index in [9.17, 15) is 9.90 Å². The van der Waals surface area contributed by atoms with Crippen molar-refractivity contribution in [2.45, 2.75) is 71.8 Å². The second-order valence-electron chi connectivity index (χ2n) is 6.37. The molecular formula is C13H27NO4. The van der Waals surface area contributed by atoms with Crippen molar-refractivity contribution in [2.75, 3.05) is 6.61 Å². The zero-order valence-corrected chi connectivity index (χ0v) is 12.5. The molecule has 0 aromatic carbocycles. The van der Waals surface area contributed by atoms with Crippen LogP contribution in [0, 0.1) is 0 Å². The molecule has 0 heterocycles. The van der Waals surface area contributed by atoms with Crippen molar-refractivity contribution in [3.8, 4) is 0 Å². The first-order valence-electron chi connectivity index (χ1n) is 6.23. The molecule has 18 heavy (non-hydrogen) atoms. The Kier molecular flexibility index (Phi) is 6.10. The van der Waals surface area contributed by atoms with Crippen LogP contribution in [0.25, 0.3) is 0 Å². The van der Waals surface area contributed by atoms with Crippen LogP contribution in [-0.2, 0) is 9.47 Å². The Balaban J connectivity index is 4.38. The summed E-state index contributed by atoms with van der Waals surface area (Å²) in [5.41, 5.74) is -0.888. The van der Waals surface area contributed by atoms with Gasteiger partial charge >= 0.3 is 6.09 Å². The van der Waals surface area contributed by atoms with Gasteiger partial charge in [-0.2, -0.15) is 0 Å². The summed E-state index contributed by atoms with van der Waals surface area (Å²) in [6.45, 7) is 12.7. The van der Waals surface area contributed by atoms with E-state index in [1.54, 1.807) is 20.8 Å². The van der Waals surface area contributed by atoms with Crippen molar-refractivity contribution in [1.29, 1.82) is 0 Å². The molecule has 0 fully saturated rings. The van der Waals surface area contributed by atoms with Gasteiger partial charge in [-0.1, -0.05) is 0 Å². The SMILES string of the molecule is C[C@@H](OC(C)(C)C)[C@@H](CO)NC(=O)OC(C)(C)C. The first-order valence-corrected chi connectivity index (χ1v) is 6.23. The number of amides is 1. The molecule has 108 valence electrons. The van der Waals surface area contributed by atoms with E-state index in [0.717, 1.165) is 0 Å². The summed E-state index contributed by atoms with van der Waals surface area (Å²) in [5.74, 6) is 0. The van der Waals surface area contributed by atoms with Crippen LogP contribution in [0.4, 0.5) is 4.79 Å². The van der Waals surface area contributed by atoms with Gasteiger partial charge in [0.15, 0.2) is 0 Å². The third-order valence-electron chi connectivity index (χ3n) is 2.00. The Bertz CT molecular complexity index is 265. The smallest absolute Gasteiger partial charge is 0.408 e. The molecule has 0 radical (unpaired) electrons. The molecule has 0 bridgehead atoms. The van der Waals surface area contributed by atoms with E-state index in [2.05, 4.69) is 5.32 Å². The van der Waals surface area contributed by atoms with Crippen molar-refractivity contribution in [3.63, 3.8) is 0 Å². The number of carbonyl (C=O) groups is 1. The van der Waals surface area contributed by atoms with Gasteiger partial charge in [0.25, 0.3) is 0 Å². The average Bonchev–Trinajstić information content (AvgIpc) is 2.07. The highest BCUT2D eigenvalue weighted by molar-refractivity contribution is 5.68. The number of rotatable bonds is 4. The Hall–Kier alpha value is -0.810. The van der Waals surface area contributed by atoms with E-state index in [-0.39, 0.29) is 18.3 Å². The maximum absolute atomic E-state index is 11.6. The third-order valence-corrected chi connectivity index (χ3v) is 2.00. The van der Waals surface area contributed by atoms with Gasteiger partial charge in [0.1, 0.15) is 5.60 Å². The standard InChI is InChI=1S/C13H27NO4/c1-9(17-12(2,3)4)10(8-15)14-11(16)18-13(5,6)7/h9-10,15H,8H2,1-7H3,(H,14,16)/t9-,10-/m1/s1. The van der Waals surface area contributed by atoms with Gasteiger partial charge in [-0.3, -0.25) is 0 Å². The molecule has 1 amide bonds. The molecule has 0 aromatic heterocycles. The lowest BCUT2D eigenvalue weighted by molar-refractivity contribution is -0.0734. The molecule has 0 saturated heterocycles. The molecule has 2 atom stereocenters. The molecule has 0 saturated carbocycles. The van der Waals surface area contributed by atoms with E-state index < -0.39 is 17.7 Å². The zero-order valence-electron chi connectivity index (χ0n) is 12.5. The van der Waals surface area contributed by atoms with E-state index in [4.69, 9.17) is 9.47 Å². The van der Waals surface area contributed by atoms with E-state index in [0.29, 0.717) is 0 Å². The zero-order chi connectivity index (χ0) is 14.6. The predicted octanol–water partition coefficient (Wildman–Crippen LogP) is 2.08. The highest BCUT2D eigenvalue weighted by atomic mass is 16.6. The molecule has 0 aliphatic rings. The second kappa shape index (κ2) is 6.38. The summed E-state index contributed by atoms with van der Waals surface area (Å²) in [6, 6.07) is -0.487. The minimum Gasteiger partial charge on any atom is -0.444 e. The lowest BCUT2D eigenvalue weighted by Gasteiger charge is -2.31. The van der Waals surface area contributed by atoms with E-state index in [1.165, 1.54) is 0 Å². The minimum atomic E-state index is -0.557. The molecule has 5 nitrogen and oxygen atoms in total. The van der Waals surface area contributed by atoms with Crippen molar-refractivity contribution in [2.24, 2.45) is 0 Å². The second-order valence-corrected chi connectivity index (χ2v) is 6.37. The van der Waals surface area contributed by atoms with Crippen LogP contribution in [0.5, 0.6) is 0 Å². The molecule has 0 rings (SSSR count). The average molecular weight is 261 g/mol. The fraction of sp³-hybridized carbons (Fsp3) is 0.923. The first-order chi connectivity index (χ1) is 7.94. The number of hydrogen-bond acceptors (Lipinski definition) is 4. The minimum absolute atomic E-state index is 0.198. The van der Waals surface area contributed by atoms with Gasteiger partial charge in [-0.15, -0.1) is 0 Å². The van der Waals surface area contributed by atoms with E-state index in [1.807, 2.05) is 27.7 Å². The molecule has 0 unspecified atom stereocenters. The van der Waals surface area contributed by atoms with Gasteiger partial charge < -0.3 is 19.9 Å². The number of aliphatic hydroxyl groups excluding tert-OH is 1. The van der Waals surface area contributed by atoms with Crippen LogP contribution in [0.15, 0.2) is 0 Å². The number of hydrogen-bond donors (Lipinski definition) is 2. The topological polar surface area (TPSA) is 67.8 Å². The van der Waals surface area contributed by atoms with Crippen molar-refractivity contribution >= 4 is 6.09 Å². The molecule has 0 spiro atoms. The van der Waals surface area contributed by atoms with Crippen molar-refractivity contribution in [1.82, 2.24) is 5.32 Å². The largest absolute Gasteiger partial charge is 0.444 e. The number of aliphatic hydroxyl groups is 1. The van der Waals surface area contributed by atoms with Crippen LogP contribution in [-0.4, -0.2) is 41.2 Å². The summed E-state index contributed by atoms with van der Waals surface area (Å²) in [6.07, 6.45) is -0.853. The van der Waals surface area contributed by atoms with Gasteiger partial charge in [0.2, 0.25) is 0 Å². The molecule has 0 aliphatic heterocycles. The number of alkyl carbamates (subject to hydrolysis) is 1. The molecule has 5 heteroatoms. The van der Waals surface area contributed by atoms with Gasteiger partial charge in [-0.05, 0) is 48.5 Å². The highest BCUT2D eigenvalue weighted by Crippen LogP contribution is 2.13. The summed E-state index contributed by atoms with van der Waals surface area (Å²) in [7, 11) is 0. The van der Waals surface area contributed by atoms with Gasteiger partial charge in [0, 0.05) is 0 Å². The lowest BCUT2D eigenvalue weighted by Crippen LogP contribution is -2.49. The number of nitrogens with one attached hydrogen (secondary N) is 1. The summed E-state index contributed by atoms with van der Waals surface area (Å²) >= 11 is 0. The van der Waals surface area contributed by atoms with Crippen LogP contribution in [0.3, 0.4) is 0 Å². The normalized spacial score (nSPS) is 16.0. The molecule has 0 aliphatic carbocycles. The summed E-state index contributed by atoms with van der Waals surface area (Å²) in [4.78, 5) is 11.6. The quantitative estimate of drug-likeness (QED) is 0.813. The Morgan fingerprint density at radius 2 is 1.67 bits per heavy atom. The van der Waals surface area contributed by atoms with Crippen LogP contribution in [0.2, 0.25) is 0 Å². The monoisotopic (exact) mass is 261 g/mol. The summed E-state index contributed by atoms with van der Waals surface area (Å²) in [5, 5.41) is 11.9. The fourth-order valence-electron chi connectivity index (χ4n) is 1.41. The van der Waals surface area contributed by atoms with Gasteiger partial charge in [0.05, 0.1) is 24.4 Å². The fourth-order valence-corrected chi connectivity index (χ4v) is 1.41. The lowest BCUT2D eigenvalue weighted by atomic mass is 10.1. The van der Waals surface area contributed by atoms with Crippen LogP contribution >= 0.6 is 0 Å². The summed E-state index contributed by atoms with van der Waals surface area (Å²) < 4.78 is 10.8. The van der Waals surface area contributed by atoms with Crippen LogP contribution in [0.1, 0.15) is 48.5 Å². The Morgan fingerprint density at radius 3 is 2.00 bits per heavy atom. The molecule has 0 aromatic rings. The van der Waals surface area contributed by atoms with E-state index >= 15 is 0 Å². The van der Waals surface area contributed by atoms with Gasteiger partial charge in [-0.25, -0.2) is 4.79 Å². The molecular weight excluding hydrogens is 234 g/mol. The molecule has 2 N–H and O–H groups in total.